The van der Waals surface area contributed by atoms with Gasteiger partial charge in [0.05, 0.1) is 18.3 Å². The summed E-state index contributed by atoms with van der Waals surface area (Å²) in [4.78, 5) is 0. The summed E-state index contributed by atoms with van der Waals surface area (Å²) in [5.74, 6) is 0. The highest BCUT2D eigenvalue weighted by Crippen LogP contribution is 2.16. The van der Waals surface area contributed by atoms with Gasteiger partial charge in [-0.3, -0.25) is 0 Å². The van der Waals surface area contributed by atoms with Crippen LogP contribution in [0.1, 0.15) is 19.8 Å². The van der Waals surface area contributed by atoms with Crippen LogP contribution in [0.4, 0.5) is 0 Å². The maximum absolute atomic E-state index is 9.57. The van der Waals surface area contributed by atoms with Crippen molar-refractivity contribution in [1.29, 1.82) is 0 Å². The van der Waals surface area contributed by atoms with Crippen LogP contribution in [-0.2, 0) is 0 Å². The van der Waals surface area contributed by atoms with Crippen LogP contribution in [0.2, 0.25) is 0 Å². The summed E-state index contributed by atoms with van der Waals surface area (Å²) in [5.41, 5.74) is -1.06. The second kappa shape index (κ2) is 6.10. The van der Waals surface area contributed by atoms with Gasteiger partial charge in [0.15, 0.2) is 0 Å². The molecule has 0 fully saturated rings. The lowest BCUT2D eigenvalue weighted by molar-refractivity contribution is -0.00223. The Morgan fingerprint density at radius 2 is 2.00 bits per heavy atom. The van der Waals surface area contributed by atoms with E-state index in [2.05, 4.69) is 0 Å². The van der Waals surface area contributed by atoms with Crippen LogP contribution in [0.3, 0.4) is 0 Å². The number of hydrogen-bond donors (Lipinski definition) is 4. The predicted molar refractivity (Wildman–Crippen MR) is 49.2 cm³/mol. The van der Waals surface area contributed by atoms with Gasteiger partial charge in [-0.1, -0.05) is 12.2 Å². The van der Waals surface area contributed by atoms with Gasteiger partial charge in [-0.15, -0.1) is 0 Å². The van der Waals surface area contributed by atoms with E-state index >= 15 is 0 Å². The highest BCUT2D eigenvalue weighted by molar-refractivity contribution is 4.91. The van der Waals surface area contributed by atoms with Crippen LogP contribution in [-0.4, -0.2) is 45.3 Å². The molecule has 0 saturated carbocycles. The largest absolute Gasteiger partial charge is 0.396 e. The number of aliphatic hydroxyl groups excluding tert-OH is 3. The molecule has 4 nitrogen and oxygen atoms in total. The average molecular weight is 190 g/mol. The molecule has 0 aliphatic rings. The lowest BCUT2D eigenvalue weighted by atomic mass is 9.95. The molecule has 0 amide bonds. The summed E-state index contributed by atoms with van der Waals surface area (Å²) in [6.45, 7) is 1.32. The summed E-state index contributed by atoms with van der Waals surface area (Å²) < 4.78 is 0. The fourth-order valence-electron chi connectivity index (χ4n) is 1.08. The fraction of sp³-hybridized carbons (Fsp3) is 0.778. The van der Waals surface area contributed by atoms with Crippen LogP contribution < -0.4 is 0 Å². The maximum Gasteiger partial charge on any atom is 0.0749 e. The molecule has 4 heteroatoms. The zero-order valence-electron chi connectivity index (χ0n) is 7.85. The van der Waals surface area contributed by atoms with E-state index in [1.807, 2.05) is 0 Å². The Balaban J connectivity index is 3.88. The van der Waals surface area contributed by atoms with Gasteiger partial charge in [-0.2, -0.15) is 0 Å². The van der Waals surface area contributed by atoms with Gasteiger partial charge in [-0.25, -0.2) is 0 Å². The Kier molecular flexibility index (Phi) is 5.90. The van der Waals surface area contributed by atoms with E-state index in [1.165, 1.54) is 12.2 Å². The lowest BCUT2D eigenvalue weighted by Gasteiger charge is -2.23. The Labute approximate surface area is 78.1 Å². The molecule has 0 aromatic rings. The van der Waals surface area contributed by atoms with Crippen LogP contribution in [0.25, 0.3) is 0 Å². The topological polar surface area (TPSA) is 80.9 Å². The van der Waals surface area contributed by atoms with Gasteiger partial charge in [0.1, 0.15) is 0 Å². The molecule has 0 aliphatic heterocycles. The molecule has 0 radical (unpaired) electrons. The molecule has 0 rings (SSSR count). The number of aliphatic hydroxyl groups is 4. The summed E-state index contributed by atoms with van der Waals surface area (Å²) in [6, 6.07) is 0. The highest BCUT2D eigenvalue weighted by Gasteiger charge is 2.22. The third-order valence-electron chi connectivity index (χ3n) is 1.76. The van der Waals surface area contributed by atoms with Crippen LogP contribution in [0.15, 0.2) is 12.2 Å². The van der Waals surface area contributed by atoms with Gasteiger partial charge in [0.2, 0.25) is 0 Å². The molecule has 2 unspecified atom stereocenters. The van der Waals surface area contributed by atoms with E-state index in [0.29, 0.717) is 0 Å². The molecule has 0 saturated heterocycles. The molecular formula is C9H18O4. The standard InChI is InChI=1S/C9H18O4/c1-9(13,4-6-11)7-8(12)3-2-5-10/h2-3,8,10-13H,4-7H2,1H3. The molecule has 0 heterocycles. The minimum Gasteiger partial charge on any atom is -0.396 e. The SMILES string of the molecule is CC(O)(CCO)CC(O)C=CCO. The molecule has 0 aromatic carbocycles. The van der Waals surface area contributed by atoms with Gasteiger partial charge in [-0.05, 0) is 13.3 Å². The van der Waals surface area contributed by atoms with Crippen molar-refractivity contribution in [3.63, 3.8) is 0 Å². The van der Waals surface area contributed by atoms with Crippen molar-refractivity contribution in [3.8, 4) is 0 Å². The molecule has 0 aliphatic carbocycles. The average Bonchev–Trinajstić information content (AvgIpc) is 1.99. The van der Waals surface area contributed by atoms with Gasteiger partial charge >= 0.3 is 0 Å². The van der Waals surface area contributed by atoms with Crippen LogP contribution >= 0.6 is 0 Å². The quantitative estimate of drug-likeness (QED) is 0.422. The zero-order chi connectivity index (χ0) is 10.3. The third kappa shape index (κ3) is 6.72. The van der Waals surface area contributed by atoms with E-state index in [-0.39, 0.29) is 26.1 Å². The zero-order valence-corrected chi connectivity index (χ0v) is 7.85. The van der Waals surface area contributed by atoms with Gasteiger partial charge < -0.3 is 20.4 Å². The second-order valence-electron chi connectivity index (χ2n) is 3.35. The van der Waals surface area contributed by atoms with Crippen molar-refractivity contribution >= 4 is 0 Å². The minimum atomic E-state index is -1.06. The molecule has 2 atom stereocenters. The van der Waals surface area contributed by atoms with E-state index in [9.17, 15) is 10.2 Å². The van der Waals surface area contributed by atoms with Crippen molar-refractivity contribution in [2.75, 3.05) is 13.2 Å². The Hall–Kier alpha value is -0.420. The summed E-state index contributed by atoms with van der Waals surface area (Å²) >= 11 is 0. The first-order chi connectivity index (χ1) is 6.02. The number of hydrogen-bond acceptors (Lipinski definition) is 4. The molecule has 0 aromatic heterocycles. The van der Waals surface area contributed by atoms with Crippen molar-refractivity contribution in [1.82, 2.24) is 0 Å². The minimum absolute atomic E-state index is 0.108. The Morgan fingerprint density at radius 1 is 1.38 bits per heavy atom. The first kappa shape index (κ1) is 12.6. The van der Waals surface area contributed by atoms with Crippen molar-refractivity contribution in [3.05, 3.63) is 12.2 Å². The summed E-state index contributed by atoms with van der Waals surface area (Å²) in [6.07, 6.45) is 2.45. The van der Waals surface area contributed by atoms with Crippen LogP contribution in [0.5, 0.6) is 0 Å². The first-order valence-electron chi connectivity index (χ1n) is 4.30. The molecule has 0 spiro atoms. The van der Waals surface area contributed by atoms with Gasteiger partial charge in [0.25, 0.3) is 0 Å². The van der Waals surface area contributed by atoms with E-state index in [4.69, 9.17) is 10.2 Å². The first-order valence-corrected chi connectivity index (χ1v) is 4.30. The lowest BCUT2D eigenvalue weighted by Crippen LogP contribution is -2.30. The summed E-state index contributed by atoms with van der Waals surface area (Å²) in [5, 5.41) is 35.9. The molecular weight excluding hydrogens is 172 g/mol. The van der Waals surface area contributed by atoms with Crippen LogP contribution in [0, 0.1) is 0 Å². The smallest absolute Gasteiger partial charge is 0.0749 e. The fourth-order valence-corrected chi connectivity index (χ4v) is 1.08. The Bertz CT molecular complexity index is 154. The number of rotatable bonds is 6. The van der Waals surface area contributed by atoms with Crippen molar-refractivity contribution in [2.45, 2.75) is 31.5 Å². The van der Waals surface area contributed by atoms with Gasteiger partial charge in [0, 0.05) is 13.0 Å². The molecule has 4 N–H and O–H groups in total. The Morgan fingerprint density at radius 3 is 2.46 bits per heavy atom. The summed E-state index contributed by atoms with van der Waals surface area (Å²) in [7, 11) is 0. The maximum atomic E-state index is 9.57. The second-order valence-corrected chi connectivity index (χ2v) is 3.35. The van der Waals surface area contributed by atoms with E-state index < -0.39 is 11.7 Å². The predicted octanol–water partition coefficient (Wildman–Crippen LogP) is -0.581. The van der Waals surface area contributed by atoms with E-state index in [0.717, 1.165) is 0 Å². The molecule has 0 bridgehead atoms. The third-order valence-corrected chi connectivity index (χ3v) is 1.76. The van der Waals surface area contributed by atoms with Crippen molar-refractivity contribution < 1.29 is 20.4 Å². The molecule has 78 valence electrons. The normalized spacial score (nSPS) is 18.8. The molecule has 13 heavy (non-hydrogen) atoms. The van der Waals surface area contributed by atoms with E-state index in [1.54, 1.807) is 6.92 Å². The monoisotopic (exact) mass is 190 g/mol. The highest BCUT2D eigenvalue weighted by atomic mass is 16.3. The van der Waals surface area contributed by atoms with Crippen molar-refractivity contribution in [2.24, 2.45) is 0 Å².